The van der Waals surface area contributed by atoms with Gasteiger partial charge in [0.05, 0.1) is 0 Å². The molecular formula is C2H4ClNO4. The second kappa shape index (κ2) is 4.48. The van der Waals surface area contributed by atoms with E-state index in [-0.39, 0.29) is 12.4 Å². The predicted octanol–water partition coefficient (Wildman–Crippen LogP) is -0.422. The van der Waals surface area contributed by atoms with Crippen molar-refractivity contribution in [3.63, 3.8) is 0 Å². The molecule has 8 heavy (non-hydrogen) atoms. The molecule has 1 atom stereocenters. The topological polar surface area (TPSA) is 87.0 Å². The zero-order valence-corrected chi connectivity index (χ0v) is 4.46. The average molecular weight is 142 g/mol. The molecule has 0 amide bonds. The van der Waals surface area contributed by atoms with E-state index in [0.29, 0.717) is 0 Å². The van der Waals surface area contributed by atoms with Crippen LogP contribution >= 0.6 is 12.4 Å². The molecule has 6 heteroatoms. The third-order valence-corrected chi connectivity index (χ3v) is 0.321. The predicted molar refractivity (Wildman–Crippen MR) is 26.7 cm³/mol. The van der Waals surface area contributed by atoms with Gasteiger partial charge in [-0.2, -0.15) is 0 Å². The number of halogens is 1. The lowest BCUT2D eigenvalue weighted by Gasteiger charge is -1.86. The minimum Gasteiger partial charge on any atom is -0.478 e. The molecule has 0 aromatic heterocycles. The van der Waals surface area contributed by atoms with Crippen LogP contribution in [0.3, 0.4) is 0 Å². The van der Waals surface area contributed by atoms with Crippen molar-refractivity contribution < 1.29 is 15.0 Å². The van der Waals surface area contributed by atoms with Crippen LogP contribution in [-0.2, 0) is 4.79 Å². The van der Waals surface area contributed by atoms with Crippen molar-refractivity contribution in [2.75, 3.05) is 0 Å². The number of hydrogen-bond donors (Lipinski definition) is 2. The van der Waals surface area contributed by atoms with Gasteiger partial charge in [-0.1, -0.05) is 0 Å². The van der Waals surface area contributed by atoms with Crippen LogP contribution in [0.4, 0.5) is 0 Å². The largest absolute Gasteiger partial charge is 0.478 e. The summed E-state index contributed by atoms with van der Waals surface area (Å²) in [6.45, 7) is 0. The summed E-state index contributed by atoms with van der Waals surface area (Å²) in [5.41, 5.74) is 0. The number of rotatable bonds is 2. The van der Waals surface area contributed by atoms with Gasteiger partial charge in [-0.3, -0.25) is 0 Å². The summed E-state index contributed by atoms with van der Waals surface area (Å²) >= 11 is 0. The Kier molecular flexibility index (Phi) is 5.78. The quantitative estimate of drug-likeness (QED) is 0.511. The summed E-state index contributed by atoms with van der Waals surface area (Å²) in [7, 11) is 0. The monoisotopic (exact) mass is 141 g/mol. The summed E-state index contributed by atoms with van der Waals surface area (Å²) in [6, 6.07) is 0. The van der Waals surface area contributed by atoms with Gasteiger partial charge in [0.1, 0.15) is 0 Å². The van der Waals surface area contributed by atoms with Gasteiger partial charge in [0.2, 0.25) is 0 Å². The van der Waals surface area contributed by atoms with Crippen molar-refractivity contribution in [3.8, 4) is 0 Å². The van der Waals surface area contributed by atoms with E-state index in [2.05, 4.69) is 0 Å². The number of aliphatic hydroxyl groups excluding tert-OH is 1. The molecule has 48 valence electrons. The number of carbonyl (C=O) groups is 1. The molecule has 0 saturated carbocycles. The molecule has 0 rings (SSSR count). The van der Waals surface area contributed by atoms with Gasteiger partial charge in [-0.25, -0.2) is 4.79 Å². The number of nitroso groups, excluding NO2 is 1. The first kappa shape index (κ1) is 10.3. The van der Waals surface area contributed by atoms with Gasteiger partial charge >= 0.3 is 5.97 Å². The van der Waals surface area contributed by atoms with E-state index in [1.165, 1.54) is 0 Å². The van der Waals surface area contributed by atoms with Crippen molar-refractivity contribution in [1.82, 2.24) is 0 Å². The SMILES string of the molecule is Cl.O=NC(O)C(=O)O. The lowest BCUT2D eigenvalue weighted by molar-refractivity contribution is -0.146. The van der Waals surface area contributed by atoms with E-state index in [4.69, 9.17) is 15.1 Å². The molecular weight excluding hydrogens is 137 g/mol. The van der Waals surface area contributed by atoms with Crippen molar-refractivity contribution in [2.45, 2.75) is 6.23 Å². The van der Waals surface area contributed by atoms with Gasteiger partial charge < -0.3 is 10.2 Å². The third kappa shape index (κ3) is 3.51. The minimum absolute atomic E-state index is 0. The Bertz CT molecular complexity index is 94.0. The van der Waals surface area contributed by atoms with Crippen LogP contribution in [0.5, 0.6) is 0 Å². The van der Waals surface area contributed by atoms with E-state index in [1.54, 1.807) is 5.18 Å². The van der Waals surface area contributed by atoms with Crippen LogP contribution in [0, 0.1) is 4.91 Å². The van der Waals surface area contributed by atoms with Gasteiger partial charge in [0, 0.05) is 0 Å². The molecule has 5 nitrogen and oxygen atoms in total. The van der Waals surface area contributed by atoms with Gasteiger partial charge in [0.25, 0.3) is 6.23 Å². The smallest absolute Gasteiger partial charge is 0.359 e. The molecule has 0 aliphatic heterocycles. The standard InChI is InChI=1S/C2H3NO4.ClH/c4-1(3-7)2(5)6;/h1,4H,(H,5,6);1H. The fourth-order valence-electron chi connectivity index (χ4n) is 0.0451. The number of nitrogens with zero attached hydrogens (tertiary/aromatic N) is 1. The maximum Gasteiger partial charge on any atom is 0.359 e. The van der Waals surface area contributed by atoms with Crippen LogP contribution in [0.25, 0.3) is 0 Å². The van der Waals surface area contributed by atoms with Crippen LogP contribution in [0.1, 0.15) is 0 Å². The van der Waals surface area contributed by atoms with E-state index in [9.17, 15) is 4.79 Å². The molecule has 2 N–H and O–H groups in total. The molecule has 0 spiro atoms. The van der Waals surface area contributed by atoms with Crippen molar-refractivity contribution in [3.05, 3.63) is 4.91 Å². The van der Waals surface area contributed by atoms with Gasteiger partial charge in [-0.15, -0.1) is 17.3 Å². The van der Waals surface area contributed by atoms with Crippen LogP contribution in [-0.4, -0.2) is 22.4 Å². The summed E-state index contributed by atoms with van der Waals surface area (Å²) in [5.74, 6) is -1.63. The molecule has 1 unspecified atom stereocenters. The highest BCUT2D eigenvalue weighted by atomic mass is 35.5. The molecule has 0 aliphatic rings. The fraction of sp³-hybridized carbons (Fsp3) is 0.500. The van der Waals surface area contributed by atoms with Gasteiger partial charge in [0.15, 0.2) is 0 Å². The summed E-state index contributed by atoms with van der Waals surface area (Å²) in [6.07, 6.45) is -2.11. The molecule has 0 aromatic carbocycles. The zero-order chi connectivity index (χ0) is 5.86. The number of hydrogen-bond acceptors (Lipinski definition) is 4. The fourth-order valence-corrected chi connectivity index (χ4v) is 0.0451. The average Bonchev–Trinajstić information content (AvgIpc) is 1.65. The van der Waals surface area contributed by atoms with Crippen LogP contribution in [0.2, 0.25) is 0 Å². The number of carboxylic acids is 1. The number of aliphatic hydroxyl groups is 1. The van der Waals surface area contributed by atoms with Crippen molar-refractivity contribution in [2.24, 2.45) is 5.18 Å². The van der Waals surface area contributed by atoms with Crippen LogP contribution < -0.4 is 0 Å². The van der Waals surface area contributed by atoms with E-state index >= 15 is 0 Å². The molecule has 0 heterocycles. The maximum atomic E-state index is 9.39. The Hall–Kier alpha value is -0.680. The Morgan fingerprint density at radius 1 is 1.62 bits per heavy atom. The molecule has 0 radical (unpaired) electrons. The van der Waals surface area contributed by atoms with Crippen molar-refractivity contribution in [1.29, 1.82) is 0 Å². The first-order chi connectivity index (χ1) is 3.18. The molecule has 0 saturated heterocycles. The van der Waals surface area contributed by atoms with E-state index in [0.717, 1.165) is 0 Å². The lowest BCUT2D eigenvalue weighted by atomic mass is 10.6. The number of carboxylic acid groups (broad SMARTS) is 1. The summed E-state index contributed by atoms with van der Waals surface area (Å²) < 4.78 is 0. The Labute approximate surface area is 50.7 Å². The summed E-state index contributed by atoms with van der Waals surface area (Å²) in [4.78, 5) is 18.5. The van der Waals surface area contributed by atoms with Gasteiger partial charge in [-0.05, 0) is 5.18 Å². The highest BCUT2D eigenvalue weighted by molar-refractivity contribution is 5.85. The van der Waals surface area contributed by atoms with Crippen LogP contribution in [0.15, 0.2) is 5.18 Å². The van der Waals surface area contributed by atoms with Crippen molar-refractivity contribution >= 4 is 18.4 Å². The summed E-state index contributed by atoms with van der Waals surface area (Å²) in [5, 5.41) is 17.3. The molecule has 0 aromatic rings. The Morgan fingerprint density at radius 2 is 2.00 bits per heavy atom. The van der Waals surface area contributed by atoms with E-state index < -0.39 is 12.2 Å². The second-order valence-electron chi connectivity index (χ2n) is 0.817. The minimum atomic E-state index is -2.11. The maximum absolute atomic E-state index is 9.39. The highest BCUT2D eigenvalue weighted by Crippen LogP contribution is 1.79. The lowest BCUT2D eigenvalue weighted by Crippen LogP contribution is -2.15. The molecule has 0 bridgehead atoms. The second-order valence-corrected chi connectivity index (χ2v) is 0.817. The molecule has 0 aliphatic carbocycles. The third-order valence-electron chi connectivity index (χ3n) is 0.321. The first-order valence-corrected chi connectivity index (χ1v) is 1.42. The highest BCUT2D eigenvalue weighted by Gasteiger charge is 2.10. The number of aliphatic carboxylic acids is 1. The molecule has 0 fully saturated rings. The normalized spacial score (nSPS) is 11.1. The van der Waals surface area contributed by atoms with E-state index in [1.807, 2.05) is 0 Å². The first-order valence-electron chi connectivity index (χ1n) is 1.42. The Balaban J connectivity index is 0. The zero-order valence-electron chi connectivity index (χ0n) is 3.64. The Morgan fingerprint density at radius 3 is 2.00 bits per heavy atom.